The van der Waals surface area contributed by atoms with Gasteiger partial charge in [0.2, 0.25) is 0 Å². The summed E-state index contributed by atoms with van der Waals surface area (Å²) in [7, 11) is 0. The summed E-state index contributed by atoms with van der Waals surface area (Å²) in [6, 6.07) is -0.0452. The molecule has 5 nitrogen and oxygen atoms in total. The zero-order valence-electron chi connectivity index (χ0n) is 8.65. The Labute approximate surface area is 84.7 Å². The average Bonchev–Trinajstić information content (AvgIpc) is 2.16. The molecule has 4 N–H and O–H groups in total. The first-order chi connectivity index (χ1) is 6.70. The van der Waals surface area contributed by atoms with Gasteiger partial charge in [0, 0.05) is 19.2 Å². The van der Waals surface area contributed by atoms with E-state index in [1.165, 1.54) is 0 Å². The van der Waals surface area contributed by atoms with Crippen LogP contribution in [0.25, 0.3) is 0 Å². The van der Waals surface area contributed by atoms with Gasteiger partial charge in [0.05, 0.1) is 25.9 Å². The number of aliphatic hydroxyl groups excluding tert-OH is 3. The Hall–Kier alpha value is -0.200. The second-order valence-electron chi connectivity index (χ2n) is 3.27. The first-order valence-corrected chi connectivity index (χ1v) is 4.91. The van der Waals surface area contributed by atoms with Crippen LogP contribution in [0.1, 0.15) is 13.3 Å². The number of rotatable bonds is 9. The minimum Gasteiger partial charge on any atom is -0.395 e. The van der Waals surface area contributed by atoms with E-state index >= 15 is 0 Å². The van der Waals surface area contributed by atoms with Crippen LogP contribution in [0, 0.1) is 0 Å². The van der Waals surface area contributed by atoms with Gasteiger partial charge in [-0.1, -0.05) is 0 Å². The maximum absolute atomic E-state index is 8.91. The number of hydrogen-bond donors (Lipinski definition) is 4. The average molecular weight is 207 g/mol. The summed E-state index contributed by atoms with van der Waals surface area (Å²) in [4.78, 5) is 0. The Bertz CT molecular complexity index is 121. The van der Waals surface area contributed by atoms with E-state index in [9.17, 15) is 0 Å². The van der Waals surface area contributed by atoms with Crippen LogP contribution in [-0.4, -0.2) is 60.4 Å². The Morgan fingerprint density at radius 1 is 1.36 bits per heavy atom. The SMILES string of the molecule is CC(O)COCCC(CO)NCCO. The molecule has 2 unspecified atom stereocenters. The molecule has 5 heteroatoms. The molecule has 14 heavy (non-hydrogen) atoms. The van der Waals surface area contributed by atoms with E-state index in [1.807, 2.05) is 0 Å². The fourth-order valence-corrected chi connectivity index (χ4v) is 1.01. The first-order valence-electron chi connectivity index (χ1n) is 4.91. The molecule has 0 aliphatic rings. The molecule has 0 radical (unpaired) electrons. The molecular formula is C9H21NO4. The van der Waals surface area contributed by atoms with Crippen molar-refractivity contribution >= 4 is 0 Å². The van der Waals surface area contributed by atoms with Crippen LogP contribution in [0.4, 0.5) is 0 Å². The summed E-state index contributed by atoms with van der Waals surface area (Å²) in [6.07, 6.45) is 0.219. The van der Waals surface area contributed by atoms with Crippen molar-refractivity contribution in [3.05, 3.63) is 0 Å². The predicted octanol–water partition coefficient (Wildman–Crippen LogP) is -1.28. The second kappa shape index (κ2) is 9.36. The molecule has 2 atom stereocenters. The monoisotopic (exact) mass is 207 g/mol. The largest absolute Gasteiger partial charge is 0.395 e. The maximum atomic E-state index is 8.91. The highest BCUT2D eigenvalue weighted by atomic mass is 16.5. The van der Waals surface area contributed by atoms with Gasteiger partial charge < -0.3 is 25.4 Å². The van der Waals surface area contributed by atoms with Crippen LogP contribution in [-0.2, 0) is 4.74 Å². The lowest BCUT2D eigenvalue weighted by Gasteiger charge is -2.15. The third-order valence-corrected chi connectivity index (χ3v) is 1.73. The van der Waals surface area contributed by atoms with Crippen molar-refractivity contribution in [1.29, 1.82) is 0 Å². The molecule has 0 bridgehead atoms. The van der Waals surface area contributed by atoms with Crippen molar-refractivity contribution in [3.63, 3.8) is 0 Å². The van der Waals surface area contributed by atoms with Crippen LogP contribution < -0.4 is 5.32 Å². The molecule has 0 amide bonds. The molecule has 0 saturated heterocycles. The van der Waals surface area contributed by atoms with Crippen molar-refractivity contribution < 1.29 is 20.1 Å². The molecule has 0 aromatic rings. The number of hydrogen-bond acceptors (Lipinski definition) is 5. The number of nitrogens with one attached hydrogen (secondary N) is 1. The first kappa shape index (κ1) is 13.8. The summed E-state index contributed by atoms with van der Waals surface area (Å²) >= 11 is 0. The summed E-state index contributed by atoms with van der Waals surface area (Å²) < 4.78 is 5.14. The van der Waals surface area contributed by atoms with Crippen molar-refractivity contribution in [3.8, 4) is 0 Å². The van der Waals surface area contributed by atoms with Crippen LogP contribution in [0.2, 0.25) is 0 Å². The van der Waals surface area contributed by atoms with Crippen molar-refractivity contribution in [2.75, 3.05) is 33.0 Å². The normalized spacial score (nSPS) is 15.4. The standard InChI is InChI=1S/C9H21NO4/c1-8(13)7-14-5-2-9(6-12)10-3-4-11/h8-13H,2-7H2,1H3. The minimum absolute atomic E-state index is 0.0258. The molecule has 0 heterocycles. The third-order valence-electron chi connectivity index (χ3n) is 1.73. The van der Waals surface area contributed by atoms with E-state index in [-0.39, 0.29) is 19.3 Å². The highest BCUT2D eigenvalue weighted by Gasteiger charge is 2.05. The van der Waals surface area contributed by atoms with E-state index in [1.54, 1.807) is 6.92 Å². The Morgan fingerprint density at radius 3 is 2.57 bits per heavy atom. The minimum atomic E-state index is -0.451. The second-order valence-corrected chi connectivity index (χ2v) is 3.27. The van der Waals surface area contributed by atoms with Gasteiger partial charge >= 0.3 is 0 Å². The number of ether oxygens (including phenoxy) is 1. The molecule has 86 valence electrons. The molecule has 0 aromatic carbocycles. The summed E-state index contributed by atoms with van der Waals surface area (Å²) in [5, 5.41) is 29.3. The van der Waals surface area contributed by atoms with Gasteiger partial charge in [-0.2, -0.15) is 0 Å². The Balaban J connectivity index is 3.33. The Morgan fingerprint density at radius 2 is 2.07 bits per heavy atom. The summed E-state index contributed by atoms with van der Waals surface area (Å²) in [6.45, 7) is 3.03. The van der Waals surface area contributed by atoms with Gasteiger partial charge in [-0.15, -0.1) is 0 Å². The van der Waals surface area contributed by atoms with Gasteiger partial charge in [0.15, 0.2) is 0 Å². The van der Waals surface area contributed by atoms with Gasteiger partial charge in [0.1, 0.15) is 0 Å². The van der Waals surface area contributed by atoms with E-state index in [4.69, 9.17) is 20.1 Å². The molecule has 0 saturated carbocycles. The summed E-state index contributed by atoms with van der Waals surface area (Å²) in [5.74, 6) is 0. The molecule has 0 rings (SSSR count). The predicted molar refractivity (Wildman–Crippen MR) is 53.1 cm³/mol. The van der Waals surface area contributed by atoms with Gasteiger partial charge in [-0.3, -0.25) is 0 Å². The van der Waals surface area contributed by atoms with Crippen molar-refractivity contribution in [2.45, 2.75) is 25.5 Å². The number of aliphatic hydroxyl groups is 3. The molecule has 0 aromatic heterocycles. The Kier molecular flexibility index (Phi) is 9.23. The van der Waals surface area contributed by atoms with Crippen LogP contribution in [0.3, 0.4) is 0 Å². The maximum Gasteiger partial charge on any atom is 0.0745 e. The smallest absolute Gasteiger partial charge is 0.0745 e. The van der Waals surface area contributed by atoms with Gasteiger partial charge in [-0.05, 0) is 13.3 Å². The quantitative estimate of drug-likeness (QED) is 0.354. The van der Waals surface area contributed by atoms with Gasteiger partial charge in [0.25, 0.3) is 0 Å². The van der Waals surface area contributed by atoms with E-state index in [0.29, 0.717) is 26.2 Å². The van der Waals surface area contributed by atoms with Crippen LogP contribution in [0.15, 0.2) is 0 Å². The fraction of sp³-hybridized carbons (Fsp3) is 1.00. The zero-order valence-corrected chi connectivity index (χ0v) is 8.65. The van der Waals surface area contributed by atoms with E-state index in [2.05, 4.69) is 5.32 Å². The van der Waals surface area contributed by atoms with Crippen molar-refractivity contribution in [2.24, 2.45) is 0 Å². The molecule has 0 spiro atoms. The van der Waals surface area contributed by atoms with Crippen LogP contribution >= 0.6 is 0 Å². The van der Waals surface area contributed by atoms with Crippen LogP contribution in [0.5, 0.6) is 0 Å². The van der Waals surface area contributed by atoms with E-state index in [0.717, 1.165) is 0 Å². The fourth-order valence-electron chi connectivity index (χ4n) is 1.01. The highest BCUT2D eigenvalue weighted by Crippen LogP contribution is 1.93. The lowest BCUT2D eigenvalue weighted by atomic mass is 10.2. The lowest BCUT2D eigenvalue weighted by molar-refractivity contribution is 0.0395. The van der Waals surface area contributed by atoms with E-state index < -0.39 is 6.10 Å². The molecular weight excluding hydrogens is 186 g/mol. The lowest BCUT2D eigenvalue weighted by Crippen LogP contribution is -2.35. The molecule has 0 aliphatic carbocycles. The highest BCUT2D eigenvalue weighted by molar-refractivity contribution is 4.64. The zero-order chi connectivity index (χ0) is 10.8. The molecule has 0 aliphatic heterocycles. The molecule has 0 fully saturated rings. The topological polar surface area (TPSA) is 82.0 Å². The van der Waals surface area contributed by atoms with Crippen molar-refractivity contribution in [1.82, 2.24) is 5.32 Å². The summed E-state index contributed by atoms with van der Waals surface area (Å²) in [5.41, 5.74) is 0. The third kappa shape index (κ3) is 8.40. The van der Waals surface area contributed by atoms with Gasteiger partial charge in [-0.25, -0.2) is 0 Å².